The van der Waals surface area contributed by atoms with Crippen LogP contribution in [0.4, 0.5) is 11.6 Å². The van der Waals surface area contributed by atoms with E-state index in [0.29, 0.717) is 69.7 Å². The van der Waals surface area contributed by atoms with Crippen LogP contribution >= 0.6 is 24.8 Å². The van der Waals surface area contributed by atoms with Crippen LogP contribution in [-0.4, -0.2) is 82.1 Å². The second-order valence-electron chi connectivity index (χ2n) is 12.6. The van der Waals surface area contributed by atoms with Gasteiger partial charge in [-0.2, -0.15) is 0 Å². The fourth-order valence-electron chi connectivity index (χ4n) is 5.47. The Morgan fingerprint density at radius 1 is 0.782 bits per heavy atom. The van der Waals surface area contributed by atoms with Crippen LogP contribution in [0.3, 0.4) is 0 Å². The third kappa shape index (κ3) is 12.9. The van der Waals surface area contributed by atoms with Crippen molar-refractivity contribution in [2.75, 3.05) is 36.8 Å². The molecule has 17 heteroatoms. The first-order valence-corrected chi connectivity index (χ1v) is 17.2. The van der Waals surface area contributed by atoms with Gasteiger partial charge in [0.15, 0.2) is 0 Å². The maximum Gasteiger partial charge on any atom is 0.328 e. The lowest BCUT2D eigenvalue weighted by Crippen LogP contribution is -2.54. The van der Waals surface area contributed by atoms with Crippen LogP contribution in [0.25, 0.3) is 12.2 Å². The van der Waals surface area contributed by atoms with Gasteiger partial charge in [-0.05, 0) is 83.6 Å². The van der Waals surface area contributed by atoms with Crippen molar-refractivity contribution < 1.29 is 42.6 Å². The molecule has 0 saturated carbocycles. The van der Waals surface area contributed by atoms with Crippen molar-refractivity contribution in [2.45, 2.75) is 51.1 Å². The number of pyridine rings is 2. The van der Waals surface area contributed by atoms with Crippen molar-refractivity contribution in [1.29, 1.82) is 0 Å². The number of carbonyl (C=O) groups excluding carboxylic acids is 3. The van der Waals surface area contributed by atoms with Gasteiger partial charge in [0.1, 0.15) is 36.4 Å². The average molecular weight is 798 g/mol. The normalized spacial score (nSPS) is 16.0. The number of nitrogens with zero attached hydrogens (tertiary/aromatic N) is 3. The molecule has 4 aliphatic rings. The van der Waals surface area contributed by atoms with E-state index in [2.05, 4.69) is 25.9 Å². The first kappa shape index (κ1) is 42.4. The van der Waals surface area contributed by atoms with E-state index in [-0.39, 0.29) is 48.6 Å². The average Bonchev–Trinajstić information content (AvgIpc) is 3.84. The Bertz CT molecular complexity index is 1940. The monoisotopic (exact) mass is 796 g/mol. The van der Waals surface area contributed by atoms with Gasteiger partial charge in [-0.25, -0.2) is 14.8 Å². The lowest BCUT2D eigenvalue weighted by molar-refractivity contribution is -0.140. The van der Waals surface area contributed by atoms with E-state index in [0.717, 1.165) is 52.9 Å². The number of carboxylic acids is 1. The van der Waals surface area contributed by atoms with Crippen LogP contribution in [0.5, 0.6) is 0 Å². The minimum atomic E-state index is -0.994. The van der Waals surface area contributed by atoms with Crippen LogP contribution in [0.1, 0.15) is 46.6 Å². The van der Waals surface area contributed by atoms with Gasteiger partial charge in [-0.15, -0.1) is 24.8 Å². The number of anilines is 2. The molecule has 8 heterocycles. The molecule has 0 spiro atoms. The molecule has 0 aliphatic carbocycles. The molecule has 4 aromatic heterocycles. The zero-order valence-corrected chi connectivity index (χ0v) is 31.3. The van der Waals surface area contributed by atoms with Gasteiger partial charge in [0.2, 0.25) is 17.7 Å². The summed E-state index contributed by atoms with van der Waals surface area (Å²) in [7, 11) is 0. The SMILES string of the molecule is Cl.Cl.O=C(O)/C=C/c1cnc2c(c1)CCC(=O)N2.O=C1CCc2cc(/C=C/C(=O)N3CC(OCc4ccco4)C3)cnc2N1.c1coc(COC2CNC2)c1. The molecule has 4 aromatic rings. The van der Waals surface area contributed by atoms with Crippen molar-refractivity contribution in [1.82, 2.24) is 20.2 Å². The van der Waals surface area contributed by atoms with Gasteiger partial charge in [0.25, 0.3) is 0 Å². The molecule has 3 amide bonds. The van der Waals surface area contributed by atoms with Gasteiger partial charge in [-0.3, -0.25) is 14.4 Å². The van der Waals surface area contributed by atoms with E-state index in [9.17, 15) is 19.2 Å². The molecule has 8 rings (SSSR count). The summed E-state index contributed by atoms with van der Waals surface area (Å²) in [4.78, 5) is 55.0. The number of hydrogen-bond donors (Lipinski definition) is 4. The summed E-state index contributed by atoms with van der Waals surface area (Å²) in [6, 6.07) is 11.3. The summed E-state index contributed by atoms with van der Waals surface area (Å²) < 4.78 is 21.5. The molecule has 0 unspecified atom stereocenters. The van der Waals surface area contributed by atoms with E-state index in [4.69, 9.17) is 23.4 Å². The molecule has 55 heavy (non-hydrogen) atoms. The Hall–Kier alpha value is -5.32. The summed E-state index contributed by atoms with van der Waals surface area (Å²) >= 11 is 0. The fourth-order valence-corrected chi connectivity index (χ4v) is 5.47. The predicted molar refractivity (Wildman–Crippen MR) is 207 cm³/mol. The minimum Gasteiger partial charge on any atom is -0.478 e. The number of ether oxygens (including phenoxy) is 2. The number of rotatable bonds is 10. The smallest absolute Gasteiger partial charge is 0.328 e. The largest absolute Gasteiger partial charge is 0.478 e. The van der Waals surface area contributed by atoms with Crippen LogP contribution in [-0.2, 0) is 54.7 Å². The zero-order chi connectivity index (χ0) is 37.0. The molecule has 4 aliphatic heterocycles. The van der Waals surface area contributed by atoms with Gasteiger partial charge >= 0.3 is 5.97 Å². The topological polar surface area (TPSA) is 198 Å². The Balaban J connectivity index is 0.000000198. The Labute approximate surface area is 329 Å². The van der Waals surface area contributed by atoms with Crippen molar-refractivity contribution in [2.24, 2.45) is 0 Å². The third-order valence-electron chi connectivity index (χ3n) is 8.56. The van der Waals surface area contributed by atoms with Crippen molar-refractivity contribution in [3.05, 3.63) is 107 Å². The first-order valence-electron chi connectivity index (χ1n) is 17.2. The maximum absolute atomic E-state index is 12.2. The number of amides is 3. The standard InChI is InChI=1S/C19H19N3O4.C11H10N2O3.C8H11NO2.2ClH/c23-17-5-4-14-8-13(9-20-19(14)21-17)3-6-18(24)22-10-16(11-22)26-12-15-2-1-7-25-15;14-9-3-2-8-5-7(1-4-10(15)16)6-12-11(8)13-9;1-2-7(10-3-1)6-11-8-4-9-5-8;;/h1-3,6-9,16H,4-5,10-12H2,(H,20,21,23);1,4-6H,2-3H2,(H,15,16)(H,12,13,14);1-3,8-9H,4-6H2;2*1H/b6-3+;4-1+;;;. The highest BCUT2D eigenvalue weighted by atomic mass is 35.5. The molecule has 4 N–H and O–H groups in total. The lowest BCUT2D eigenvalue weighted by Gasteiger charge is -2.38. The van der Waals surface area contributed by atoms with E-state index in [1.807, 2.05) is 36.4 Å². The van der Waals surface area contributed by atoms with Crippen LogP contribution in [0, 0.1) is 0 Å². The fraction of sp³-hybridized carbons (Fsp3) is 0.316. The van der Waals surface area contributed by atoms with Gasteiger partial charge in [0.05, 0.1) is 24.7 Å². The number of hydrogen-bond acceptors (Lipinski definition) is 11. The van der Waals surface area contributed by atoms with Crippen molar-refractivity contribution in [3.8, 4) is 0 Å². The van der Waals surface area contributed by atoms with Gasteiger partial charge in [0, 0.05) is 63.6 Å². The highest BCUT2D eigenvalue weighted by Gasteiger charge is 2.30. The molecular formula is C38H42Cl2N6O9. The number of halogens is 2. The van der Waals surface area contributed by atoms with Crippen LogP contribution < -0.4 is 16.0 Å². The number of carbonyl (C=O) groups is 4. The zero-order valence-electron chi connectivity index (χ0n) is 29.7. The highest BCUT2D eigenvalue weighted by Crippen LogP contribution is 2.23. The molecule has 2 fully saturated rings. The van der Waals surface area contributed by atoms with Gasteiger partial charge < -0.3 is 44.3 Å². The molecular weight excluding hydrogens is 755 g/mol. The molecule has 0 atom stereocenters. The second-order valence-corrected chi connectivity index (χ2v) is 12.6. The number of carboxylic acid groups (broad SMARTS) is 1. The van der Waals surface area contributed by atoms with Crippen molar-refractivity contribution >= 4 is 72.3 Å². The van der Waals surface area contributed by atoms with E-state index < -0.39 is 5.97 Å². The molecule has 292 valence electrons. The Morgan fingerprint density at radius 3 is 1.75 bits per heavy atom. The number of likely N-dealkylation sites (tertiary alicyclic amines) is 1. The second kappa shape index (κ2) is 21.0. The van der Waals surface area contributed by atoms with E-state index >= 15 is 0 Å². The molecule has 2 saturated heterocycles. The number of aromatic nitrogens is 2. The summed E-state index contributed by atoms with van der Waals surface area (Å²) in [6.07, 6.45) is 15.0. The summed E-state index contributed by atoms with van der Waals surface area (Å²) in [6.45, 7) is 4.13. The highest BCUT2D eigenvalue weighted by molar-refractivity contribution is 5.94. The summed E-state index contributed by atoms with van der Waals surface area (Å²) in [5.41, 5.74) is 3.50. The summed E-state index contributed by atoms with van der Waals surface area (Å²) in [5.74, 6) is 1.79. The van der Waals surface area contributed by atoms with Gasteiger partial charge in [-0.1, -0.05) is 0 Å². The number of nitrogens with one attached hydrogen (secondary N) is 3. The minimum absolute atomic E-state index is 0. The molecule has 0 bridgehead atoms. The Morgan fingerprint density at radius 2 is 1.29 bits per heavy atom. The number of aryl methyl sites for hydroxylation is 2. The van der Waals surface area contributed by atoms with E-state index in [1.54, 1.807) is 35.8 Å². The molecule has 0 aromatic carbocycles. The predicted octanol–water partition coefficient (Wildman–Crippen LogP) is 4.68. The van der Waals surface area contributed by atoms with Crippen LogP contribution in [0.15, 0.2) is 82.3 Å². The number of furan rings is 2. The maximum atomic E-state index is 12.2. The number of fused-ring (bicyclic) bond motifs is 2. The number of aliphatic carboxylic acids is 1. The van der Waals surface area contributed by atoms with Crippen LogP contribution in [0.2, 0.25) is 0 Å². The first-order chi connectivity index (χ1) is 25.8. The van der Waals surface area contributed by atoms with Crippen molar-refractivity contribution in [3.63, 3.8) is 0 Å². The Kier molecular flexibility index (Phi) is 16.2. The summed E-state index contributed by atoms with van der Waals surface area (Å²) in [5, 5.41) is 17.0. The van der Waals surface area contributed by atoms with E-state index in [1.165, 1.54) is 12.3 Å². The molecule has 0 radical (unpaired) electrons. The lowest BCUT2D eigenvalue weighted by atomic mass is 10.0. The molecule has 15 nitrogen and oxygen atoms in total. The quantitative estimate of drug-likeness (QED) is 0.162. The third-order valence-corrected chi connectivity index (χ3v) is 8.56.